The van der Waals surface area contributed by atoms with E-state index >= 15 is 0 Å². The highest BCUT2D eigenvalue weighted by Crippen LogP contribution is 2.38. The minimum absolute atomic E-state index is 0.199. The molecule has 1 aromatic rings. The first-order valence-corrected chi connectivity index (χ1v) is 6.13. The van der Waals surface area contributed by atoms with E-state index < -0.39 is 7.60 Å². The van der Waals surface area contributed by atoms with Gasteiger partial charge in [0.15, 0.2) is 0 Å². The van der Waals surface area contributed by atoms with Crippen molar-refractivity contribution >= 4 is 7.60 Å². The maximum Gasteiger partial charge on any atom is 0.329 e. The van der Waals surface area contributed by atoms with Gasteiger partial charge in [-0.15, -0.1) is 0 Å². The van der Waals surface area contributed by atoms with Crippen LogP contribution in [0.2, 0.25) is 0 Å². The molecule has 0 amide bonds. The van der Waals surface area contributed by atoms with E-state index in [4.69, 9.17) is 15.5 Å². The number of nitrogens with two attached hydrogens (primary N) is 1. The summed E-state index contributed by atoms with van der Waals surface area (Å²) >= 11 is 0. The summed E-state index contributed by atoms with van der Waals surface area (Å²) in [5.41, 5.74) is 7.11. The molecule has 0 fully saturated rings. The minimum atomic E-state index is -3.94. The van der Waals surface area contributed by atoms with Crippen molar-refractivity contribution in [2.24, 2.45) is 5.73 Å². The van der Waals surface area contributed by atoms with Crippen LogP contribution in [0.3, 0.4) is 0 Å². The molecule has 1 aromatic carbocycles. The van der Waals surface area contributed by atoms with Crippen molar-refractivity contribution < 1.29 is 14.4 Å². The first-order valence-electron chi connectivity index (χ1n) is 4.34. The quantitative estimate of drug-likeness (QED) is 0.650. The van der Waals surface area contributed by atoms with Crippen molar-refractivity contribution in [2.75, 3.05) is 6.54 Å². The Morgan fingerprint density at radius 3 is 2.07 bits per heavy atom. The first-order chi connectivity index (χ1) is 6.51. The van der Waals surface area contributed by atoms with E-state index in [0.717, 1.165) is 12.0 Å². The molecule has 0 spiro atoms. The molecule has 0 radical (unpaired) electrons. The topological polar surface area (TPSA) is 83.6 Å². The molecule has 0 aliphatic carbocycles. The summed E-state index contributed by atoms with van der Waals surface area (Å²) < 4.78 is 10.7. The molecule has 0 aromatic heterocycles. The second-order valence-corrected chi connectivity index (χ2v) is 4.82. The van der Waals surface area contributed by atoms with Crippen LogP contribution in [0, 0.1) is 0 Å². The lowest BCUT2D eigenvalue weighted by atomic mass is 10.1. The molecule has 0 heterocycles. The molecule has 0 aliphatic heterocycles. The van der Waals surface area contributed by atoms with Crippen LogP contribution in [0.5, 0.6) is 0 Å². The second-order valence-electron chi connectivity index (χ2n) is 3.18. The SMILES string of the molecule is NCCc1ccc(CP(=O)(O)O)cc1. The number of hydrogen-bond acceptors (Lipinski definition) is 2. The molecule has 0 saturated carbocycles. The van der Waals surface area contributed by atoms with Crippen molar-refractivity contribution in [3.8, 4) is 0 Å². The molecule has 14 heavy (non-hydrogen) atoms. The van der Waals surface area contributed by atoms with Crippen LogP contribution in [0.25, 0.3) is 0 Å². The highest BCUT2D eigenvalue weighted by Gasteiger charge is 2.13. The second kappa shape index (κ2) is 4.71. The van der Waals surface area contributed by atoms with E-state index in [2.05, 4.69) is 0 Å². The van der Waals surface area contributed by atoms with Gasteiger partial charge in [-0.05, 0) is 24.1 Å². The summed E-state index contributed by atoms with van der Waals surface area (Å²) in [7, 11) is -3.94. The fourth-order valence-electron chi connectivity index (χ4n) is 1.22. The minimum Gasteiger partial charge on any atom is -0.330 e. The number of hydrogen-bond donors (Lipinski definition) is 3. The van der Waals surface area contributed by atoms with Gasteiger partial charge in [0.2, 0.25) is 0 Å². The third-order valence-electron chi connectivity index (χ3n) is 1.84. The van der Waals surface area contributed by atoms with Gasteiger partial charge in [0.1, 0.15) is 0 Å². The maximum atomic E-state index is 10.7. The van der Waals surface area contributed by atoms with Crippen LogP contribution in [0.1, 0.15) is 11.1 Å². The maximum absolute atomic E-state index is 10.7. The molecule has 4 N–H and O–H groups in total. The molecular formula is C9H14NO3P. The van der Waals surface area contributed by atoms with Crippen molar-refractivity contribution in [1.82, 2.24) is 0 Å². The van der Waals surface area contributed by atoms with Crippen LogP contribution in [-0.4, -0.2) is 16.3 Å². The molecule has 0 aliphatic rings. The van der Waals surface area contributed by atoms with Crippen molar-refractivity contribution in [3.05, 3.63) is 35.4 Å². The zero-order valence-corrected chi connectivity index (χ0v) is 8.65. The largest absolute Gasteiger partial charge is 0.330 e. The number of rotatable bonds is 4. The lowest BCUT2D eigenvalue weighted by Gasteiger charge is -2.04. The fraction of sp³-hybridized carbons (Fsp3) is 0.333. The van der Waals surface area contributed by atoms with Crippen LogP contribution >= 0.6 is 7.60 Å². The standard InChI is InChI=1S/C9H14NO3P/c10-6-5-8-1-3-9(4-2-8)7-14(11,12)13/h1-4H,5-7,10H2,(H2,11,12,13). The van der Waals surface area contributed by atoms with E-state index in [0.29, 0.717) is 12.1 Å². The lowest BCUT2D eigenvalue weighted by molar-refractivity contribution is 0.371. The summed E-state index contributed by atoms with van der Waals surface area (Å²) in [5.74, 6) is 0. The van der Waals surface area contributed by atoms with Gasteiger partial charge in [-0.1, -0.05) is 24.3 Å². The Labute approximate surface area is 82.9 Å². The Morgan fingerprint density at radius 2 is 1.64 bits per heavy atom. The van der Waals surface area contributed by atoms with E-state index in [-0.39, 0.29) is 6.16 Å². The van der Waals surface area contributed by atoms with Crippen LogP contribution < -0.4 is 5.73 Å². The molecule has 0 atom stereocenters. The molecule has 0 bridgehead atoms. The molecule has 78 valence electrons. The third kappa shape index (κ3) is 4.03. The van der Waals surface area contributed by atoms with Gasteiger partial charge in [-0.25, -0.2) is 0 Å². The summed E-state index contributed by atoms with van der Waals surface area (Å²) in [4.78, 5) is 17.5. The Morgan fingerprint density at radius 1 is 1.14 bits per heavy atom. The van der Waals surface area contributed by atoms with Gasteiger partial charge in [0, 0.05) is 0 Å². The summed E-state index contributed by atoms with van der Waals surface area (Å²) in [6, 6.07) is 7.14. The Kier molecular flexibility index (Phi) is 3.84. The third-order valence-corrected chi connectivity index (χ3v) is 2.62. The van der Waals surface area contributed by atoms with Gasteiger partial charge in [0.25, 0.3) is 0 Å². The Hall–Kier alpha value is -0.670. The average Bonchev–Trinajstić information content (AvgIpc) is 2.06. The van der Waals surface area contributed by atoms with Crippen molar-refractivity contribution in [1.29, 1.82) is 0 Å². The van der Waals surface area contributed by atoms with E-state index in [1.165, 1.54) is 0 Å². The first kappa shape index (κ1) is 11.4. The smallest absolute Gasteiger partial charge is 0.329 e. The van der Waals surface area contributed by atoms with Crippen LogP contribution in [0.15, 0.2) is 24.3 Å². The lowest BCUT2D eigenvalue weighted by Crippen LogP contribution is -2.02. The van der Waals surface area contributed by atoms with E-state index in [1.54, 1.807) is 12.1 Å². The molecule has 0 unspecified atom stereocenters. The monoisotopic (exact) mass is 215 g/mol. The van der Waals surface area contributed by atoms with Crippen LogP contribution in [-0.2, 0) is 17.1 Å². The molecule has 4 nitrogen and oxygen atoms in total. The van der Waals surface area contributed by atoms with Gasteiger partial charge < -0.3 is 15.5 Å². The summed E-state index contributed by atoms with van der Waals surface area (Å²) in [6.45, 7) is 0.581. The highest BCUT2D eigenvalue weighted by atomic mass is 31.2. The van der Waals surface area contributed by atoms with E-state index in [9.17, 15) is 4.57 Å². The number of benzene rings is 1. The normalized spacial score (nSPS) is 11.6. The predicted octanol–water partition coefficient (Wildman–Crippen LogP) is 0.865. The van der Waals surface area contributed by atoms with Crippen molar-refractivity contribution in [2.45, 2.75) is 12.6 Å². The Balaban J connectivity index is 2.69. The predicted molar refractivity (Wildman–Crippen MR) is 54.9 cm³/mol. The summed E-state index contributed by atoms with van der Waals surface area (Å²) in [6.07, 6.45) is 0.589. The molecule has 1 rings (SSSR count). The fourth-order valence-corrected chi connectivity index (χ4v) is 1.90. The highest BCUT2D eigenvalue weighted by molar-refractivity contribution is 7.50. The molecule has 5 heteroatoms. The summed E-state index contributed by atoms with van der Waals surface area (Å²) in [5, 5.41) is 0. The van der Waals surface area contributed by atoms with E-state index in [1.807, 2.05) is 12.1 Å². The average molecular weight is 215 g/mol. The van der Waals surface area contributed by atoms with Gasteiger partial charge in [-0.3, -0.25) is 4.57 Å². The van der Waals surface area contributed by atoms with Gasteiger partial charge >= 0.3 is 7.60 Å². The van der Waals surface area contributed by atoms with Gasteiger partial charge in [0.05, 0.1) is 6.16 Å². The van der Waals surface area contributed by atoms with Crippen LogP contribution in [0.4, 0.5) is 0 Å². The Bertz CT molecular complexity index is 330. The molecule has 0 saturated heterocycles. The van der Waals surface area contributed by atoms with Crippen molar-refractivity contribution in [3.63, 3.8) is 0 Å². The molecular weight excluding hydrogens is 201 g/mol. The zero-order chi connectivity index (χ0) is 10.6. The van der Waals surface area contributed by atoms with Gasteiger partial charge in [-0.2, -0.15) is 0 Å². The zero-order valence-electron chi connectivity index (χ0n) is 7.76.